The average Bonchev–Trinajstić information content (AvgIpc) is 3.64. The van der Waals surface area contributed by atoms with E-state index in [1.54, 1.807) is 17.4 Å². The Morgan fingerprint density at radius 1 is 0.688 bits per heavy atom. The second-order valence-corrected chi connectivity index (χ2v) is 13.9. The molecule has 0 saturated heterocycles. The van der Waals surface area contributed by atoms with E-state index < -0.39 is 11.9 Å². The summed E-state index contributed by atoms with van der Waals surface area (Å²) in [7, 11) is 0. The fraction of sp³-hybridized carbons (Fsp3) is 0.162. The van der Waals surface area contributed by atoms with E-state index in [1.165, 1.54) is 0 Å². The molecule has 4 aromatic carbocycles. The number of rotatable bonds is 8. The van der Waals surface area contributed by atoms with Gasteiger partial charge >= 0.3 is 11.9 Å². The van der Waals surface area contributed by atoms with Crippen molar-refractivity contribution in [2.75, 3.05) is 0 Å². The molecule has 0 spiro atoms. The van der Waals surface area contributed by atoms with Gasteiger partial charge in [-0.2, -0.15) is 0 Å². The molecule has 3 aromatic heterocycles. The van der Waals surface area contributed by atoms with Gasteiger partial charge in [0.2, 0.25) is 0 Å². The maximum atomic E-state index is 11.3. The fourth-order valence-electron chi connectivity index (χ4n) is 6.14. The lowest BCUT2D eigenvalue weighted by Gasteiger charge is -2.09. The number of carboxylic acids is 2. The van der Waals surface area contributed by atoms with Crippen LogP contribution in [-0.4, -0.2) is 36.3 Å². The third-order valence-electron chi connectivity index (χ3n) is 8.35. The third-order valence-corrected chi connectivity index (χ3v) is 10.1. The molecule has 0 fully saturated rings. The summed E-state index contributed by atoms with van der Waals surface area (Å²) in [6.45, 7) is 5.13. The number of para-hydroxylation sites is 1. The van der Waals surface area contributed by atoms with Crippen LogP contribution < -0.4 is 0 Å². The van der Waals surface area contributed by atoms with Crippen LogP contribution in [0, 0.1) is 13.8 Å². The number of benzene rings is 4. The van der Waals surface area contributed by atoms with Crippen LogP contribution in [-0.2, 0) is 35.5 Å². The molecular weight excluding hydrogens is 689 g/mol. The largest absolute Gasteiger partial charge is 0.481 e. The number of hydrogen-bond donors (Lipinski definition) is 2. The standard InChI is InChI=1S/C19H15ClN2O2S.C18H15Cl2NO2/c1-11-14(9-19(23)24)13-7-6-12(20)8-16(13)22(11)10-18-21-15-4-2-3-5-17(15)25-18;1-11-15(9-18(22)23)16-8-14(20)5-6-17(16)21(11)10-12-3-2-4-13(19)7-12/h2-8H,9-10H2,1H3,(H,23,24);2-8H,9-10H2,1H3,(H,22,23). The van der Waals surface area contributed by atoms with Crippen molar-refractivity contribution in [1.29, 1.82) is 0 Å². The molecule has 7 nitrogen and oxygen atoms in total. The van der Waals surface area contributed by atoms with E-state index in [4.69, 9.17) is 39.8 Å². The Labute approximate surface area is 295 Å². The van der Waals surface area contributed by atoms with Crippen molar-refractivity contribution in [1.82, 2.24) is 14.1 Å². The topological polar surface area (TPSA) is 97.4 Å². The molecule has 7 aromatic rings. The Morgan fingerprint density at radius 2 is 1.31 bits per heavy atom. The average molecular weight is 719 g/mol. The molecule has 0 aliphatic rings. The molecule has 2 N–H and O–H groups in total. The smallest absolute Gasteiger partial charge is 0.307 e. The zero-order valence-corrected chi connectivity index (χ0v) is 29.1. The highest BCUT2D eigenvalue weighted by Crippen LogP contribution is 2.32. The predicted octanol–water partition coefficient (Wildman–Crippen LogP) is 9.82. The van der Waals surface area contributed by atoms with Gasteiger partial charge in [0.15, 0.2) is 0 Å². The van der Waals surface area contributed by atoms with Crippen molar-refractivity contribution in [3.63, 3.8) is 0 Å². The minimum Gasteiger partial charge on any atom is -0.481 e. The summed E-state index contributed by atoms with van der Waals surface area (Å²) in [5.41, 5.74) is 7.49. The Morgan fingerprint density at radius 3 is 2.00 bits per heavy atom. The lowest BCUT2D eigenvalue weighted by atomic mass is 10.1. The number of nitrogens with zero attached hydrogens (tertiary/aromatic N) is 3. The summed E-state index contributed by atoms with van der Waals surface area (Å²) >= 11 is 20.0. The van der Waals surface area contributed by atoms with Crippen LogP contribution in [0.5, 0.6) is 0 Å². The van der Waals surface area contributed by atoms with Crippen molar-refractivity contribution in [3.05, 3.63) is 133 Å². The molecule has 11 heteroatoms. The summed E-state index contributed by atoms with van der Waals surface area (Å²) in [5, 5.41) is 23.2. The van der Waals surface area contributed by atoms with E-state index in [9.17, 15) is 19.8 Å². The number of hydrogen-bond acceptors (Lipinski definition) is 4. The van der Waals surface area contributed by atoms with Gasteiger partial charge in [-0.1, -0.05) is 65.1 Å². The van der Waals surface area contributed by atoms with Crippen LogP contribution in [0.2, 0.25) is 15.1 Å². The molecule has 0 atom stereocenters. The predicted molar refractivity (Wildman–Crippen MR) is 195 cm³/mol. The van der Waals surface area contributed by atoms with E-state index in [0.29, 0.717) is 28.2 Å². The highest BCUT2D eigenvalue weighted by molar-refractivity contribution is 7.18. The summed E-state index contributed by atoms with van der Waals surface area (Å²) < 4.78 is 5.36. The fourth-order valence-corrected chi connectivity index (χ4v) is 7.65. The first-order chi connectivity index (χ1) is 23.0. The number of carbonyl (C=O) groups is 2. The van der Waals surface area contributed by atoms with Crippen LogP contribution in [0.25, 0.3) is 32.0 Å². The number of carboxylic acid groups (broad SMARTS) is 2. The zero-order chi connectivity index (χ0) is 34.1. The minimum absolute atomic E-state index is 0.00316. The van der Waals surface area contributed by atoms with Crippen LogP contribution in [0.1, 0.15) is 33.1 Å². The Kier molecular flexibility index (Phi) is 9.80. The van der Waals surface area contributed by atoms with Crippen molar-refractivity contribution >= 4 is 90.1 Å². The summed E-state index contributed by atoms with van der Waals surface area (Å²) in [5.74, 6) is -1.69. The van der Waals surface area contributed by atoms with Gasteiger partial charge in [-0.05, 0) is 85.1 Å². The Balaban J connectivity index is 0.000000168. The van der Waals surface area contributed by atoms with E-state index in [1.807, 2.05) is 86.6 Å². The van der Waals surface area contributed by atoms with Gasteiger partial charge in [0.25, 0.3) is 0 Å². The molecule has 7 rings (SSSR count). The monoisotopic (exact) mass is 717 g/mol. The van der Waals surface area contributed by atoms with Crippen molar-refractivity contribution < 1.29 is 19.8 Å². The van der Waals surface area contributed by atoms with Gasteiger partial charge in [-0.25, -0.2) is 4.98 Å². The molecule has 3 heterocycles. The van der Waals surface area contributed by atoms with Crippen LogP contribution in [0.15, 0.2) is 84.9 Å². The number of thiazole rings is 1. The number of aliphatic carboxylic acids is 2. The van der Waals surface area contributed by atoms with Gasteiger partial charge in [0.05, 0.1) is 35.1 Å². The maximum Gasteiger partial charge on any atom is 0.307 e. The second-order valence-electron chi connectivity index (χ2n) is 11.5. The molecule has 244 valence electrons. The Hall–Kier alpha value is -4.34. The molecule has 0 bridgehead atoms. The molecule has 0 unspecified atom stereocenters. The highest BCUT2D eigenvalue weighted by atomic mass is 35.5. The van der Waals surface area contributed by atoms with Gasteiger partial charge in [0.1, 0.15) is 5.01 Å². The number of fused-ring (bicyclic) bond motifs is 3. The molecular formula is C37H30Cl3N3O4S. The Bertz CT molecular complexity index is 2310. The molecule has 0 radical (unpaired) electrons. The maximum absolute atomic E-state index is 11.3. The SMILES string of the molecule is Cc1c(CC(=O)O)c2cc(Cl)ccc2n1Cc1cccc(Cl)c1.Cc1c(CC(=O)O)c2ccc(Cl)cc2n1Cc1nc2ccccc2s1. The summed E-state index contributed by atoms with van der Waals surface area (Å²) in [4.78, 5) is 27.2. The highest BCUT2D eigenvalue weighted by Gasteiger charge is 2.19. The normalized spacial score (nSPS) is 11.3. The first-order valence-electron chi connectivity index (χ1n) is 15.1. The minimum atomic E-state index is -0.852. The van der Waals surface area contributed by atoms with Crippen molar-refractivity contribution in [3.8, 4) is 0 Å². The lowest BCUT2D eigenvalue weighted by molar-refractivity contribution is -0.137. The molecule has 0 aliphatic carbocycles. The quantitative estimate of drug-likeness (QED) is 0.163. The van der Waals surface area contributed by atoms with Gasteiger partial charge in [-0.3, -0.25) is 9.59 Å². The van der Waals surface area contributed by atoms with E-state index in [-0.39, 0.29) is 12.8 Å². The van der Waals surface area contributed by atoms with Crippen LogP contribution in [0.4, 0.5) is 0 Å². The van der Waals surface area contributed by atoms with Crippen LogP contribution in [0.3, 0.4) is 0 Å². The van der Waals surface area contributed by atoms with Gasteiger partial charge in [0, 0.05) is 49.3 Å². The number of aromatic nitrogens is 3. The first kappa shape index (κ1) is 33.6. The van der Waals surface area contributed by atoms with E-state index in [2.05, 4.69) is 15.2 Å². The number of halogens is 3. The van der Waals surface area contributed by atoms with Gasteiger partial charge in [-0.15, -0.1) is 11.3 Å². The molecule has 0 amide bonds. The lowest BCUT2D eigenvalue weighted by Crippen LogP contribution is -2.05. The summed E-state index contributed by atoms with van der Waals surface area (Å²) in [6, 6.07) is 26.9. The first-order valence-corrected chi connectivity index (χ1v) is 17.0. The molecule has 48 heavy (non-hydrogen) atoms. The van der Waals surface area contributed by atoms with Crippen LogP contribution >= 0.6 is 46.1 Å². The zero-order valence-electron chi connectivity index (χ0n) is 26.0. The summed E-state index contributed by atoms with van der Waals surface area (Å²) in [6.07, 6.45) is -0.0258. The molecule has 0 saturated carbocycles. The second kappa shape index (κ2) is 14.0. The van der Waals surface area contributed by atoms with E-state index >= 15 is 0 Å². The van der Waals surface area contributed by atoms with E-state index in [0.717, 1.165) is 65.1 Å². The third kappa shape index (κ3) is 7.08. The van der Waals surface area contributed by atoms with Crippen molar-refractivity contribution in [2.45, 2.75) is 39.8 Å². The molecule has 0 aliphatic heterocycles. The van der Waals surface area contributed by atoms with Crippen molar-refractivity contribution in [2.24, 2.45) is 0 Å². The van der Waals surface area contributed by atoms with Gasteiger partial charge < -0.3 is 19.3 Å².